The first kappa shape index (κ1) is 14.8. The van der Waals surface area contributed by atoms with E-state index < -0.39 is 4.92 Å². The molecule has 0 aliphatic heterocycles. The number of benzene rings is 2. The summed E-state index contributed by atoms with van der Waals surface area (Å²) in [6, 6.07) is 12.4. The van der Waals surface area contributed by atoms with Gasteiger partial charge in [0, 0.05) is 34.4 Å². The Morgan fingerprint density at radius 3 is 2.83 bits per heavy atom. The SMILES string of the molecule is Cc1ccc(NC(=O)Cc2c[nH]c3ccccc23)cc1[N+](=O)[O-]. The molecule has 6 heteroatoms. The van der Waals surface area contributed by atoms with Crippen LogP contribution in [0.4, 0.5) is 11.4 Å². The molecular formula is C17H15N3O3. The van der Waals surface area contributed by atoms with Crippen LogP contribution in [0.3, 0.4) is 0 Å². The lowest BCUT2D eigenvalue weighted by atomic mass is 10.1. The van der Waals surface area contributed by atoms with Gasteiger partial charge in [0.1, 0.15) is 0 Å². The Hall–Kier alpha value is -3.15. The van der Waals surface area contributed by atoms with E-state index in [-0.39, 0.29) is 18.0 Å². The Balaban J connectivity index is 1.77. The van der Waals surface area contributed by atoms with Gasteiger partial charge in [-0.05, 0) is 24.6 Å². The second-order valence-electron chi connectivity index (χ2n) is 5.34. The van der Waals surface area contributed by atoms with Gasteiger partial charge in [-0.2, -0.15) is 0 Å². The number of aryl methyl sites for hydroxylation is 1. The molecule has 1 amide bonds. The lowest BCUT2D eigenvalue weighted by Gasteiger charge is -2.06. The molecule has 0 fully saturated rings. The molecular weight excluding hydrogens is 294 g/mol. The van der Waals surface area contributed by atoms with Crippen LogP contribution in [0.25, 0.3) is 10.9 Å². The first-order valence-electron chi connectivity index (χ1n) is 7.14. The number of H-pyrrole nitrogens is 1. The van der Waals surface area contributed by atoms with Gasteiger partial charge in [-0.3, -0.25) is 14.9 Å². The van der Waals surface area contributed by atoms with Crippen molar-refractivity contribution in [2.75, 3.05) is 5.32 Å². The van der Waals surface area contributed by atoms with Gasteiger partial charge in [0.05, 0.1) is 11.3 Å². The number of aromatic nitrogens is 1. The first-order valence-corrected chi connectivity index (χ1v) is 7.14. The summed E-state index contributed by atoms with van der Waals surface area (Å²) in [4.78, 5) is 25.8. The van der Waals surface area contributed by atoms with Crippen LogP contribution in [0.15, 0.2) is 48.7 Å². The highest BCUT2D eigenvalue weighted by molar-refractivity contribution is 5.96. The Bertz CT molecular complexity index is 899. The number of nitrogens with one attached hydrogen (secondary N) is 2. The van der Waals surface area contributed by atoms with E-state index in [0.29, 0.717) is 11.3 Å². The predicted molar refractivity (Wildman–Crippen MR) is 88.5 cm³/mol. The molecule has 0 radical (unpaired) electrons. The maximum atomic E-state index is 12.2. The van der Waals surface area contributed by atoms with E-state index in [0.717, 1.165) is 16.5 Å². The molecule has 1 aromatic heterocycles. The average Bonchev–Trinajstić information content (AvgIpc) is 2.92. The van der Waals surface area contributed by atoms with Crippen molar-refractivity contribution < 1.29 is 9.72 Å². The topological polar surface area (TPSA) is 88.0 Å². The minimum absolute atomic E-state index is 0.00473. The Morgan fingerprint density at radius 2 is 2.04 bits per heavy atom. The molecule has 0 atom stereocenters. The Labute approximate surface area is 132 Å². The van der Waals surface area contributed by atoms with Crippen LogP contribution in [0, 0.1) is 17.0 Å². The van der Waals surface area contributed by atoms with Crippen LogP contribution in [0.1, 0.15) is 11.1 Å². The lowest BCUT2D eigenvalue weighted by molar-refractivity contribution is -0.385. The second-order valence-corrected chi connectivity index (χ2v) is 5.34. The van der Waals surface area contributed by atoms with Crippen molar-refractivity contribution in [3.63, 3.8) is 0 Å². The van der Waals surface area contributed by atoms with Crippen molar-refractivity contribution in [2.45, 2.75) is 13.3 Å². The number of amides is 1. The van der Waals surface area contributed by atoms with Crippen LogP contribution in [0.2, 0.25) is 0 Å². The zero-order valence-corrected chi connectivity index (χ0v) is 12.5. The fourth-order valence-electron chi connectivity index (χ4n) is 2.54. The van der Waals surface area contributed by atoms with Crippen molar-refractivity contribution in [3.05, 3.63) is 69.9 Å². The van der Waals surface area contributed by atoms with Crippen molar-refractivity contribution in [1.29, 1.82) is 0 Å². The molecule has 3 rings (SSSR count). The minimum atomic E-state index is -0.454. The highest BCUT2D eigenvalue weighted by Crippen LogP contribution is 2.23. The molecule has 0 saturated carbocycles. The number of nitro benzene ring substituents is 1. The predicted octanol–water partition coefficient (Wildman–Crippen LogP) is 3.57. The van der Waals surface area contributed by atoms with E-state index in [9.17, 15) is 14.9 Å². The number of hydrogen-bond donors (Lipinski definition) is 2. The molecule has 116 valence electrons. The fourth-order valence-corrected chi connectivity index (χ4v) is 2.54. The molecule has 2 aromatic carbocycles. The van der Waals surface area contributed by atoms with E-state index in [1.807, 2.05) is 30.5 Å². The second kappa shape index (κ2) is 5.92. The molecule has 0 bridgehead atoms. The van der Waals surface area contributed by atoms with Crippen LogP contribution < -0.4 is 5.32 Å². The third kappa shape index (κ3) is 3.06. The van der Waals surface area contributed by atoms with Gasteiger partial charge < -0.3 is 10.3 Å². The summed E-state index contributed by atoms with van der Waals surface area (Å²) in [6.45, 7) is 1.66. The van der Waals surface area contributed by atoms with Gasteiger partial charge in [0.15, 0.2) is 0 Å². The molecule has 0 spiro atoms. The van der Waals surface area contributed by atoms with E-state index in [4.69, 9.17) is 0 Å². The number of nitrogens with zero attached hydrogens (tertiary/aromatic N) is 1. The summed E-state index contributed by atoms with van der Waals surface area (Å²) >= 11 is 0. The average molecular weight is 309 g/mol. The van der Waals surface area contributed by atoms with E-state index >= 15 is 0 Å². The maximum absolute atomic E-state index is 12.2. The molecule has 0 unspecified atom stereocenters. The Kier molecular flexibility index (Phi) is 3.80. The summed E-state index contributed by atoms with van der Waals surface area (Å²) < 4.78 is 0. The highest BCUT2D eigenvalue weighted by atomic mass is 16.6. The molecule has 1 heterocycles. The van der Waals surface area contributed by atoms with Crippen molar-refractivity contribution in [3.8, 4) is 0 Å². The smallest absolute Gasteiger partial charge is 0.274 e. The van der Waals surface area contributed by atoms with Crippen LogP contribution in [-0.4, -0.2) is 15.8 Å². The van der Waals surface area contributed by atoms with Gasteiger partial charge in [-0.1, -0.05) is 24.3 Å². The molecule has 0 aliphatic carbocycles. The van der Waals surface area contributed by atoms with Gasteiger partial charge in [-0.25, -0.2) is 0 Å². The zero-order chi connectivity index (χ0) is 16.4. The fraction of sp³-hybridized carbons (Fsp3) is 0.118. The molecule has 0 aliphatic rings. The normalized spacial score (nSPS) is 10.7. The molecule has 6 nitrogen and oxygen atoms in total. The van der Waals surface area contributed by atoms with Gasteiger partial charge in [0.25, 0.3) is 5.69 Å². The minimum Gasteiger partial charge on any atom is -0.361 e. The number of para-hydroxylation sites is 1. The standard InChI is InChI=1S/C17H15N3O3/c1-11-6-7-13(9-16(11)20(22)23)19-17(21)8-12-10-18-15-5-3-2-4-14(12)15/h2-7,9-10,18H,8H2,1H3,(H,19,21). The third-order valence-corrected chi connectivity index (χ3v) is 3.72. The first-order chi connectivity index (χ1) is 11.0. The summed E-state index contributed by atoms with van der Waals surface area (Å²) in [5, 5.41) is 14.7. The van der Waals surface area contributed by atoms with Gasteiger partial charge in [-0.15, -0.1) is 0 Å². The number of nitro groups is 1. The molecule has 0 saturated heterocycles. The number of aromatic amines is 1. The van der Waals surface area contributed by atoms with Crippen LogP contribution >= 0.6 is 0 Å². The number of carbonyl (C=O) groups is 1. The van der Waals surface area contributed by atoms with Gasteiger partial charge >= 0.3 is 0 Å². The number of rotatable bonds is 4. The monoisotopic (exact) mass is 309 g/mol. The van der Waals surface area contributed by atoms with Crippen molar-refractivity contribution >= 4 is 28.2 Å². The van der Waals surface area contributed by atoms with Crippen LogP contribution in [0.5, 0.6) is 0 Å². The van der Waals surface area contributed by atoms with E-state index in [2.05, 4.69) is 10.3 Å². The summed E-state index contributed by atoms with van der Waals surface area (Å²) in [7, 11) is 0. The van der Waals surface area contributed by atoms with E-state index in [1.54, 1.807) is 19.1 Å². The highest BCUT2D eigenvalue weighted by Gasteiger charge is 2.13. The van der Waals surface area contributed by atoms with Crippen molar-refractivity contribution in [1.82, 2.24) is 4.98 Å². The lowest BCUT2D eigenvalue weighted by Crippen LogP contribution is -2.14. The molecule has 23 heavy (non-hydrogen) atoms. The summed E-state index contributed by atoms with van der Waals surface area (Å²) in [5.41, 5.74) is 2.84. The maximum Gasteiger partial charge on any atom is 0.274 e. The zero-order valence-electron chi connectivity index (χ0n) is 12.5. The summed E-state index contributed by atoms with van der Waals surface area (Å²) in [5.74, 6) is -0.215. The number of carbonyl (C=O) groups excluding carboxylic acids is 1. The summed E-state index contributed by atoms with van der Waals surface area (Å²) in [6.07, 6.45) is 2.01. The number of fused-ring (bicyclic) bond motifs is 1. The van der Waals surface area contributed by atoms with Crippen molar-refractivity contribution in [2.24, 2.45) is 0 Å². The molecule has 3 aromatic rings. The largest absolute Gasteiger partial charge is 0.361 e. The van der Waals surface area contributed by atoms with Crippen LogP contribution in [-0.2, 0) is 11.2 Å². The quantitative estimate of drug-likeness (QED) is 0.570. The van der Waals surface area contributed by atoms with Gasteiger partial charge in [0.2, 0.25) is 5.91 Å². The Morgan fingerprint density at radius 1 is 1.26 bits per heavy atom. The van der Waals surface area contributed by atoms with E-state index in [1.165, 1.54) is 6.07 Å². The number of anilines is 1. The molecule has 2 N–H and O–H groups in total. The number of hydrogen-bond acceptors (Lipinski definition) is 3. The third-order valence-electron chi connectivity index (χ3n) is 3.72.